The first-order chi connectivity index (χ1) is 15.9. The average molecular weight is 456 g/mol. The smallest absolute Gasteiger partial charge is 0.263 e. The molecule has 1 aliphatic heterocycles. The van der Waals surface area contributed by atoms with Crippen LogP contribution in [0, 0.1) is 0 Å². The van der Waals surface area contributed by atoms with Crippen LogP contribution in [0.5, 0.6) is 17.2 Å². The Balaban J connectivity index is 1.93. The summed E-state index contributed by atoms with van der Waals surface area (Å²) in [5, 5.41) is 2.69. The highest BCUT2D eigenvalue weighted by Crippen LogP contribution is 2.29. The molecule has 0 aliphatic carbocycles. The quantitative estimate of drug-likeness (QED) is 0.600. The van der Waals surface area contributed by atoms with E-state index in [9.17, 15) is 14.4 Å². The number of carbonyl (C=O) groups excluding carboxylic acids is 3. The van der Waals surface area contributed by atoms with Crippen molar-refractivity contribution in [3.8, 4) is 17.2 Å². The van der Waals surface area contributed by atoms with Crippen LogP contribution in [0.25, 0.3) is 0 Å². The van der Waals surface area contributed by atoms with Crippen molar-refractivity contribution < 1.29 is 28.6 Å². The maximum Gasteiger partial charge on any atom is 0.263 e. The molecule has 0 saturated carbocycles. The number of hydrogen-bond donors (Lipinski definition) is 2. The van der Waals surface area contributed by atoms with Crippen LogP contribution >= 0.6 is 0 Å². The van der Waals surface area contributed by atoms with Crippen molar-refractivity contribution in [3.63, 3.8) is 0 Å². The van der Waals surface area contributed by atoms with Gasteiger partial charge < -0.3 is 35.1 Å². The van der Waals surface area contributed by atoms with E-state index < -0.39 is 18.0 Å². The second-order valence-electron chi connectivity index (χ2n) is 7.25. The van der Waals surface area contributed by atoms with Gasteiger partial charge in [0, 0.05) is 37.3 Å². The highest BCUT2D eigenvalue weighted by Gasteiger charge is 2.43. The van der Waals surface area contributed by atoms with Crippen LogP contribution in [0.1, 0.15) is 20.7 Å². The van der Waals surface area contributed by atoms with E-state index in [1.54, 1.807) is 42.5 Å². The Labute approximate surface area is 192 Å². The monoisotopic (exact) mass is 456 g/mol. The van der Waals surface area contributed by atoms with Crippen LogP contribution in [0.2, 0.25) is 0 Å². The summed E-state index contributed by atoms with van der Waals surface area (Å²) < 4.78 is 15.7. The number of nitrogens with one attached hydrogen (secondary N) is 1. The largest absolute Gasteiger partial charge is 0.497 e. The van der Waals surface area contributed by atoms with Gasteiger partial charge in [-0.15, -0.1) is 0 Å². The van der Waals surface area contributed by atoms with Gasteiger partial charge in [0.1, 0.15) is 5.75 Å². The Kier molecular flexibility index (Phi) is 7.73. The highest BCUT2D eigenvalue weighted by molar-refractivity contribution is 6.02. The number of ether oxygens (including phenoxy) is 3. The van der Waals surface area contributed by atoms with E-state index in [0.29, 0.717) is 28.4 Å². The minimum absolute atomic E-state index is 0.184. The minimum Gasteiger partial charge on any atom is -0.497 e. The molecule has 0 aromatic heterocycles. The van der Waals surface area contributed by atoms with E-state index in [2.05, 4.69) is 5.32 Å². The van der Waals surface area contributed by atoms with Crippen molar-refractivity contribution in [1.29, 1.82) is 0 Å². The first kappa shape index (κ1) is 23.9. The second-order valence-corrected chi connectivity index (χ2v) is 7.25. The SMILES string of the molecule is COc1cccc(C(=O)N2CCN(C(=O)c3ccc(OC)c(OC)c3)C2C(=O)NCCN)c1. The van der Waals surface area contributed by atoms with Crippen molar-refractivity contribution in [2.24, 2.45) is 5.73 Å². The van der Waals surface area contributed by atoms with Gasteiger partial charge >= 0.3 is 0 Å². The van der Waals surface area contributed by atoms with Crippen LogP contribution < -0.4 is 25.3 Å². The second kappa shape index (κ2) is 10.7. The maximum atomic E-state index is 13.4. The fraction of sp³-hybridized carbons (Fsp3) is 0.348. The molecule has 176 valence electrons. The molecular formula is C23H28N4O6. The van der Waals surface area contributed by atoms with Crippen LogP contribution in [-0.4, -0.2) is 81.2 Å². The normalized spacial score (nSPS) is 15.2. The summed E-state index contributed by atoms with van der Waals surface area (Å²) in [5.41, 5.74) is 6.18. The van der Waals surface area contributed by atoms with Crippen molar-refractivity contribution in [2.75, 3.05) is 47.5 Å². The molecule has 3 amide bonds. The lowest BCUT2D eigenvalue weighted by Gasteiger charge is -2.29. The molecule has 10 nitrogen and oxygen atoms in total. The van der Waals surface area contributed by atoms with Gasteiger partial charge in [-0.3, -0.25) is 14.4 Å². The summed E-state index contributed by atoms with van der Waals surface area (Å²) in [6, 6.07) is 11.4. The van der Waals surface area contributed by atoms with Crippen LogP contribution in [0.3, 0.4) is 0 Å². The minimum atomic E-state index is -1.13. The molecule has 2 aromatic carbocycles. The van der Waals surface area contributed by atoms with E-state index >= 15 is 0 Å². The number of nitrogens with two attached hydrogens (primary N) is 1. The van der Waals surface area contributed by atoms with Crippen LogP contribution in [0.15, 0.2) is 42.5 Å². The number of hydrogen-bond acceptors (Lipinski definition) is 7. The molecule has 1 heterocycles. The molecule has 10 heteroatoms. The topological polar surface area (TPSA) is 123 Å². The first-order valence-electron chi connectivity index (χ1n) is 10.4. The van der Waals surface area contributed by atoms with Crippen LogP contribution in [0.4, 0.5) is 0 Å². The summed E-state index contributed by atoms with van der Waals surface area (Å²) in [7, 11) is 4.48. The highest BCUT2D eigenvalue weighted by atomic mass is 16.5. The lowest BCUT2D eigenvalue weighted by atomic mass is 10.1. The molecule has 3 N–H and O–H groups in total. The number of methoxy groups -OCH3 is 3. The van der Waals surface area contributed by atoms with Crippen molar-refractivity contribution in [3.05, 3.63) is 53.6 Å². The average Bonchev–Trinajstić information content (AvgIpc) is 3.31. The molecule has 0 bridgehead atoms. The van der Waals surface area contributed by atoms with E-state index in [1.807, 2.05) is 0 Å². The van der Waals surface area contributed by atoms with Gasteiger partial charge in [-0.25, -0.2) is 0 Å². The molecule has 0 spiro atoms. The van der Waals surface area contributed by atoms with Gasteiger partial charge in [-0.05, 0) is 36.4 Å². The lowest BCUT2D eigenvalue weighted by molar-refractivity contribution is -0.128. The molecular weight excluding hydrogens is 428 g/mol. The molecule has 33 heavy (non-hydrogen) atoms. The maximum absolute atomic E-state index is 13.4. The molecule has 1 unspecified atom stereocenters. The van der Waals surface area contributed by atoms with Crippen molar-refractivity contribution in [2.45, 2.75) is 6.17 Å². The summed E-state index contributed by atoms with van der Waals surface area (Å²) in [5.74, 6) is 0.0956. The molecule has 0 radical (unpaired) electrons. The molecule has 1 saturated heterocycles. The predicted octanol–water partition coefficient (Wildman–Crippen LogP) is 0.712. The Hall–Kier alpha value is -3.79. The third-order valence-corrected chi connectivity index (χ3v) is 5.32. The zero-order chi connectivity index (χ0) is 24.0. The summed E-state index contributed by atoms with van der Waals surface area (Å²) >= 11 is 0. The third kappa shape index (κ3) is 5.01. The molecule has 2 aromatic rings. The molecule has 1 atom stereocenters. The predicted molar refractivity (Wildman–Crippen MR) is 120 cm³/mol. The van der Waals surface area contributed by atoms with Gasteiger partial charge in [-0.1, -0.05) is 6.07 Å². The van der Waals surface area contributed by atoms with Gasteiger partial charge in [0.25, 0.3) is 17.7 Å². The Morgan fingerprint density at radius 3 is 2.12 bits per heavy atom. The number of nitrogens with zero attached hydrogens (tertiary/aromatic N) is 2. The van der Waals surface area contributed by atoms with E-state index in [1.165, 1.54) is 31.1 Å². The van der Waals surface area contributed by atoms with Gasteiger partial charge in [0.2, 0.25) is 0 Å². The molecule has 1 aliphatic rings. The number of benzene rings is 2. The van der Waals surface area contributed by atoms with E-state index in [0.717, 1.165) is 0 Å². The molecule has 3 rings (SSSR count). The first-order valence-corrected chi connectivity index (χ1v) is 10.4. The van der Waals surface area contributed by atoms with Crippen molar-refractivity contribution >= 4 is 17.7 Å². The fourth-order valence-electron chi connectivity index (χ4n) is 3.68. The standard InChI is InChI=1S/C23H28N4O6/c1-31-17-6-4-5-15(13-17)22(29)26-11-12-27(21(26)20(28)25-10-9-24)23(30)16-7-8-18(32-2)19(14-16)33-3/h4-8,13-14,21H,9-12,24H2,1-3H3,(H,25,28). The Morgan fingerprint density at radius 1 is 0.909 bits per heavy atom. The Bertz CT molecular complexity index is 1030. The zero-order valence-corrected chi connectivity index (χ0v) is 18.9. The van der Waals surface area contributed by atoms with Crippen molar-refractivity contribution in [1.82, 2.24) is 15.1 Å². The van der Waals surface area contributed by atoms with E-state index in [-0.39, 0.29) is 32.1 Å². The van der Waals surface area contributed by atoms with Gasteiger partial charge in [0.05, 0.1) is 21.3 Å². The Morgan fingerprint density at radius 2 is 1.55 bits per heavy atom. The van der Waals surface area contributed by atoms with Gasteiger partial charge in [0.15, 0.2) is 17.7 Å². The van der Waals surface area contributed by atoms with E-state index in [4.69, 9.17) is 19.9 Å². The summed E-state index contributed by atoms with van der Waals surface area (Å²) in [4.78, 5) is 42.4. The zero-order valence-electron chi connectivity index (χ0n) is 18.9. The number of rotatable bonds is 8. The third-order valence-electron chi connectivity index (χ3n) is 5.32. The van der Waals surface area contributed by atoms with Crippen LogP contribution in [-0.2, 0) is 4.79 Å². The molecule has 1 fully saturated rings. The number of carbonyl (C=O) groups is 3. The summed E-state index contributed by atoms with van der Waals surface area (Å²) in [6.07, 6.45) is -1.13. The number of amides is 3. The lowest BCUT2D eigenvalue weighted by Crippen LogP contribution is -2.54. The summed E-state index contributed by atoms with van der Waals surface area (Å²) in [6.45, 7) is 0.820. The van der Waals surface area contributed by atoms with Gasteiger partial charge in [-0.2, -0.15) is 0 Å². The fourth-order valence-corrected chi connectivity index (χ4v) is 3.68.